The Kier molecular flexibility index (Phi) is 5.96. The largest absolute Gasteiger partial charge is 0.297 e. The predicted molar refractivity (Wildman–Crippen MR) is 98.2 cm³/mol. The monoisotopic (exact) mass is 362 g/mol. The van der Waals surface area contributed by atoms with Crippen LogP contribution in [-0.4, -0.2) is 34.1 Å². The van der Waals surface area contributed by atoms with Gasteiger partial charge < -0.3 is 0 Å². The van der Waals surface area contributed by atoms with E-state index >= 15 is 0 Å². The molecule has 1 aromatic heterocycles. The van der Waals surface area contributed by atoms with Crippen molar-refractivity contribution in [2.24, 2.45) is 0 Å². The van der Waals surface area contributed by atoms with Crippen LogP contribution < -0.4 is 5.32 Å². The Bertz CT molecular complexity index is 708. The van der Waals surface area contributed by atoms with Crippen LogP contribution in [0, 0.1) is 0 Å². The van der Waals surface area contributed by atoms with E-state index < -0.39 is 0 Å². The molecule has 1 aliphatic rings. The molecule has 1 saturated heterocycles. The van der Waals surface area contributed by atoms with Gasteiger partial charge in [0.2, 0.25) is 11.0 Å². The zero-order chi connectivity index (χ0) is 16.8. The summed E-state index contributed by atoms with van der Waals surface area (Å²) in [5.41, 5.74) is 0.914. The van der Waals surface area contributed by atoms with Crippen LogP contribution in [0.2, 0.25) is 5.02 Å². The SMILES string of the molecule is O=C(/C=C/c1ccc(Cl)cc1)Nc1nnc(CN2CCCCC2)s1. The third kappa shape index (κ3) is 5.12. The molecule has 0 spiro atoms. The van der Waals surface area contributed by atoms with Gasteiger partial charge in [-0.1, -0.05) is 41.5 Å². The molecule has 2 heterocycles. The molecule has 24 heavy (non-hydrogen) atoms. The fourth-order valence-corrected chi connectivity index (χ4v) is 3.48. The molecule has 0 radical (unpaired) electrons. The van der Waals surface area contributed by atoms with E-state index in [-0.39, 0.29) is 5.91 Å². The number of piperidine rings is 1. The third-order valence-corrected chi connectivity index (χ3v) is 4.88. The summed E-state index contributed by atoms with van der Waals surface area (Å²) < 4.78 is 0. The quantitative estimate of drug-likeness (QED) is 0.821. The first-order chi connectivity index (χ1) is 11.7. The van der Waals surface area contributed by atoms with E-state index in [1.165, 1.54) is 36.7 Å². The summed E-state index contributed by atoms with van der Waals surface area (Å²) in [5, 5.41) is 13.1. The van der Waals surface area contributed by atoms with Gasteiger partial charge in [0.15, 0.2) is 0 Å². The second kappa shape index (κ2) is 8.37. The Balaban J connectivity index is 1.52. The number of amides is 1. The number of aromatic nitrogens is 2. The van der Waals surface area contributed by atoms with Crippen molar-refractivity contribution in [3.63, 3.8) is 0 Å². The highest BCUT2D eigenvalue weighted by atomic mass is 35.5. The molecule has 2 aromatic rings. The molecular weight excluding hydrogens is 344 g/mol. The second-order valence-corrected chi connectivity index (χ2v) is 7.21. The van der Waals surface area contributed by atoms with Crippen LogP contribution in [0.15, 0.2) is 30.3 Å². The molecule has 3 rings (SSSR count). The van der Waals surface area contributed by atoms with Crippen molar-refractivity contribution in [2.45, 2.75) is 25.8 Å². The summed E-state index contributed by atoms with van der Waals surface area (Å²) in [6.07, 6.45) is 7.03. The van der Waals surface area contributed by atoms with E-state index in [1.54, 1.807) is 18.2 Å². The fourth-order valence-electron chi connectivity index (χ4n) is 2.57. The van der Waals surface area contributed by atoms with Crippen LogP contribution in [0.4, 0.5) is 5.13 Å². The zero-order valence-corrected chi connectivity index (χ0v) is 14.8. The Morgan fingerprint density at radius 2 is 1.96 bits per heavy atom. The molecule has 1 aromatic carbocycles. The molecular formula is C17H19ClN4OS. The molecule has 0 bridgehead atoms. The van der Waals surface area contributed by atoms with Crippen LogP contribution in [0.3, 0.4) is 0 Å². The van der Waals surface area contributed by atoms with E-state index in [0.29, 0.717) is 10.2 Å². The molecule has 1 amide bonds. The van der Waals surface area contributed by atoms with Gasteiger partial charge in [0.05, 0.1) is 6.54 Å². The van der Waals surface area contributed by atoms with Crippen molar-refractivity contribution in [2.75, 3.05) is 18.4 Å². The number of nitrogens with one attached hydrogen (secondary N) is 1. The lowest BCUT2D eigenvalue weighted by Gasteiger charge is -2.24. The van der Waals surface area contributed by atoms with Crippen molar-refractivity contribution in [3.8, 4) is 0 Å². The Morgan fingerprint density at radius 1 is 1.21 bits per heavy atom. The molecule has 0 atom stereocenters. The molecule has 1 N–H and O–H groups in total. The topological polar surface area (TPSA) is 58.1 Å². The molecule has 1 aliphatic heterocycles. The first kappa shape index (κ1) is 17.1. The molecule has 7 heteroatoms. The van der Waals surface area contributed by atoms with Gasteiger partial charge in [-0.2, -0.15) is 0 Å². The number of likely N-dealkylation sites (tertiary alicyclic amines) is 1. The standard InChI is InChI=1S/C17H19ClN4OS/c18-14-7-4-13(5-8-14)6-9-15(23)19-17-21-20-16(24-17)12-22-10-2-1-3-11-22/h4-9H,1-3,10-12H2,(H,19,21,23)/b9-6+. The number of benzene rings is 1. The van der Waals surface area contributed by atoms with Gasteiger partial charge in [0, 0.05) is 11.1 Å². The van der Waals surface area contributed by atoms with E-state index in [9.17, 15) is 4.79 Å². The van der Waals surface area contributed by atoms with Crippen molar-refractivity contribution >= 4 is 40.1 Å². The lowest BCUT2D eigenvalue weighted by Crippen LogP contribution is -2.28. The van der Waals surface area contributed by atoms with Gasteiger partial charge in [-0.05, 0) is 49.7 Å². The number of nitrogens with zero attached hydrogens (tertiary/aromatic N) is 3. The fraction of sp³-hybridized carbons (Fsp3) is 0.353. The lowest BCUT2D eigenvalue weighted by atomic mass is 10.1. The summed E-state index contributed by atoms with van der Waals surface area (Å²) in [6.45, 7) is 3.05. The zero-order valence-electron chi connectivity index (χ0n) is 13.2. The Morgan fingerprint density at radius 3 is 2.71 bits per heavy atom. The first-order valence-electron chi connectivity index (χ1n) is 7.98. The number of hydrogen-bond donors (Lipinski definition) is 1. The van der Waals surface area contributed by atoms with Crippen molar-refractivity contribution < 1.29 is 4.79 Å². The third-order valence-electron chi connectivity index (χ3n) is 3.80. The van der Waals surface area contributed by atoms with Crippen molar-refractivity contribution in [1.29, 1.82) is 0 Å². The van der Waals surface area contributed by atoms with Crippen molar-refractivity contribution in [3.05, 3.63) is 45.9 Å². The summed E-state index contributed by atoms with van der Waals surface area (Å²) in [5.74, 6) is -0.217. The number of anilines is 1. The van der Waals surface area contributed by atoms with Gasteiger partial charge in [0.25, 0.3) is 0 Å². The highest BCUT2D eigenvalue weighted by Gasteiger charge is 2.13. The van der Waals surface area contributed by atoms with Gasteiger partial charge in [-0.25, -0.2) is 0 Å². The van der Waals surface area contributed by atoms with Gasteiger partial charge in [0.1, 0.15) is 5.01 Å². The van der Waals surface area contributed by atoms with Crippen molar-refractivity contribution in [1.82, 2.24) is 15.1 Å². The molecule has 0 aliphatic carbocycles. The number of hydrogen-bond acceptors (Lipinski definition) is 5. The summed E-state index contributed by atoms with van der Waals surface area (Å²) in [7, 11) is 0. The van der Waals surface area contributed by atoms with E-state index in [1.807, 2.05) is 12.1 Å². The maximum absolute atomic E-state index is 12.0. The molecule has 126 valence electrons. The average Bonchev–Trinajstić information content (AvgIpc) is 3.02. The van der Waals surface area contributed by atoms with Crippen LogP contribution in [0.25, 0.3) is 6.08 Å². The lowest BCUT2D eigenvalue weighted by molar-refractivity contribution is -0.111. The van der Waals surface area contributed by atoms with E-state index in [2.05, 4.69) is 20.4 Å². The maximum Gasteiger partial charge on any atom is 0.250 e. The summed E-state index contributed by atoms with van der Waals surface area (Å²) >= 11 is 7.26. The molecule has 0 saturated carbocycles. The Hall–Kier alpha value is -1.76. The first-order valence-corrected chi connectivity index (χ1v) is 9.18. The van der Waals surface area contributed by atoms with Crippen LogP contribution in [0.5, 0.6) is 0 Å². The van der Waals surface area contributed by atoms with Gasteiger partial charge >= 0.3 is 0 Å². The van der Waals surface area contributed by atoms with E-state index in [4.69, 9.17) is 11.6 Å². The van der Waals surface area contributed by atoms with Crippen LogP contribution >= 0.6 is 22.9 Å². The number of carbonyl (C=O) groups is 1. The average molecular weight is 363 g/mol. The normalized spacial score (nSPS) is 15.7. The minimum atomic E-state index is -0.217. The smallest absolute Gasteiger partial charge is 0.250 e. The second-order valence-electron chi connectivity index (χ2n) is 5.71. The van der Waals surface area contributed by atoms with Crippen LogP contribution in [0.1, 0.15) is 29.8 Å². The van der Waals surface area contributed by atoms with Gasteiger partial charge in [-0.3, -0.25) is 15.0 Å². The minimum Gasteiger partial charge on any atom is -0.297 e. The molecule has 1 fully saturated rings. The molecule has 0 unspecified atom stereocenters. The molecule has 5 nitrogen and oxygen atoms in total. The van der Waals surface area contributed by atoms with Gasteiger partial charge in [-0.15, -0.1) is 10.2 Å². The highest BCUT2D eigenvalue weighted by molar-refractivity contribution is 7.15. The highest BCUT2D eigenvalue weighted by Crippen LogP contribution is 2.19. The van der Waals surface area contributed by atoms with Crippen LogP contribution in [-0.2, 0) is 11.3 Å². The maximum atomic E-state index is 12.0. The van der Waals surface area contributed by atoms with E-state index in [0.717, 1.165) is 30.2 Å². The summed E-state index contributed by atoms with van der Waals surface area (Å²) in [6, 6.07) is 7.29. The number of halogens is 1. The minimum absolute atomic E-state index is 0.217. The number of carbonyl (C=O) groups excluding carboxylic acids is 1. The Labute approximate surface area is 150 Å². The number of rotatable bonds is 5. The summed E-state index contributed by atoms with van der Waals surface area (Å²) in [4.78, 5) is 14.3. The predicted octanol–water partition coefficient (Wildman–Crippen LogP) is 3.83.